The lowest BCUT2D eigenvalue weighted by Crippen LogP contribution is -2.62. The van der Waals surface area contributed by atoms with Crippen molar-refractivity contribution in [2.45, 2.75) is 44.0 Å². The average Bonchev–Trinajstić information content (AvgIpc) is 2.25. The standard InChI is InChI=1S/C9H19NO5/c1-2-3-14-9-8(13)7(12)6(10)5(4-11)15-9/h5-9,11-13H,2-4,10H2,1H3/t5-,6-,7+,8-,9-/m1/s1. The Hall–Kier alpha value is -0.240. The van der Waals surface area contributed by atoms with Gasteiger partial charge in [-0.2, -0.15) is 0 Å². The maximum Gasteiger partial charge on any atom is 0.186 e. The molecule has 0 aromatic rings. The Kier molecular flexibility index (Phi) is 4.91. The van der Waals surface area contributed by atoms with Crippen molar-refractivity contribution in [3.8, 4) is 0 Å². The van der Waals surface area contributed by atoms with Crippen LogP contribution in [-0.4, -0.2) is 59.2 Å². The van der Waals surface area contributed by atoms with Crippen molar-refractivity contribution in [2.24, 2.45) is 5.73 Å². The maximum absolute atomic E-state index is 9.59. The summed E-state index contributed by atoms with van der Waals surface area (Å²) in [7, 11) is 0. The van der Waals surface area contributed by atoms with E-state index in [0.717, 1.165) is 6.42 Å². The third-order valence-corrected chi connectivity index (χ3v) is 2.43. The van der Waals surface area contributed by atoms with Crippen molar-refractivity contribution in [3.05, 3.63) is 0 Å². The van der Waals surface area contributed by atoms with Crippen LogP contribution in [0.3, 0.4) is 0 Å². The summed E-state index contributed by atoms with van der Waals surface area (Å²) < 4.78 is 10.4. The van der Waals surface area contributed by atoms with Gasteiger partial charge < -0.3 is 30.5 Å². The van der Waals surface area contributed by atoms with Crippen LogP contribution >= 0.6 is 0 Å². The largest absolute Gasteiger partial charge is 0.394 e. The van der Waals surface area contributed by atoms with E-state index in [2.05, 4.69) is 0 Å². The van der Waals surface area contributed by atoms with E-state index in [9.17, 15) is 10.2 Å². The molecule has 6 nitrogen and oxygen atoms in total. The second kappa shape index (κ2) is 5.74. The van der Waals surface area contributed by atoms with Crippen molar-refractivity contribution < 1.29 is 24.8 Å². The van der Waals surface area contributed by atoms with Crippen molar-refractivity contribution in [2.75, 3.05) is 13.2 Å². The molecule has 1 fully saturated rings. The molecule has 0 radical (unpaired) electrons. The third-order valence-electron chi connectivity index (χ3n) is 2.43. The molecule has 0 aromatic heterocycles. The van der Waals surface area contributed by atoms with E-state index >= 15 is 0 Å². The minimum Gasteiger partial charge on any atom is -0.394 e. The van der Waals surface area contributed by atoms with Gasteiger partial charge in [0.25, 0.3) is 0 Å². The van der Waals surface area contributed by atoms with Gasteiger partial charge in [-0.1, -0.05) is 6.92 Å². The highest BCUT2D eigenvalue weighted by Crippen LogP contribution is 2.20. The Balaban J connectivity index is 2.57. The zero-order valence-corrected chi connectivity index (χ0v) is 8.74. The lowest BCUT2D eigenvalue weighted by Gasteiger charge is -2.40. The molecule has 5 N–H and O–H groups in total. The molecule has 0 amide bonds. The Morgan fingerprint density at radius 2 is 2.00 bits per heavy atom. The number of ether oxygens (including phenoxy) is 2. The van der Waals surface area contributed by atoms with E-state index in [0.29, 0.717) is 6.61 Å². The fourth-order valence-electron chi connectivity index (χ4n) is 1.49. The average molecular weight is 221 g/mol. The van der Waals surface area contributed by atoms with Crippen LogP contribution in [0, 0.1) is 0 Å². The fraction of sp³-hybridized carbons (Fsp3) is 1.00. The van der Waals surface area contributed by atoms with Gasteiger partial charge in [-0.15, -0.1) is 0 Å². The Bertz CT molecular complexity index is 189. The quantitative estimate of drug-likeness (QED) is 0.445. The van der Waals surface area contributed by atoms with E-state index < -0.39 is 30.6 Å². The normalized spacial score (nSPS) is 41.8. The third kappa shape index (κ3) is 2.87. The van der Waals surface area contributed by atoms with Crippen molar-refractivity contribution in [3.63, 3.8) is 0 Å². The molecule has 1 saturated heterocycles. The number of aliphatic hydroxyl groups is 3. The van der Waals surface area contributed by atoms with Gasteiger partial charge in [-0.05, 0) is 6.42 Å². The number of hydrogen-bond acceptors (Lipinski definition) is 6. The SMILES string of the molecule is CCCO[C@@H]1O[C@H](CO)[C@@H](N)[C@H](O)[C@H]1O. The molecular weight excluding hydrogens is 202 g/mol. The lowest BCUT2D eigenvalue weighted by atomic mass is 9.97. The first-order valence-corrected chi connectivity index (χ1v) is 5.11. The monoisotopic (exact) mass is 221 g/mol. The highest BCUT2D eigenvalue weighted by molar-refractivity contribution is 4.91. The minimum atomic E-state index is -1.17. The molecule has 0 aliphatic carbocycles. The Labute approximate surface area is 88.6 Å². The molecule has 0 saturated carbocycles. The van der Waals surface area contributed by atoms with Crippen LogP contribution in [0.4, 0.5) is 0 Å². The summed E-state index contributed by atoms with van der Waals surface area (Å²) in [4.78, 5) is 0. The molecule has 0 aromatic carbocycles. The maximum atomic E-state index is 9.59. The lowest BCUT2D eigenvalue weighted by molar-refractivity contribution is -0.276. The first kappa shape index (κ1) is 12.8. The highest BCUT2D eigenvalue weighted by Gasteiger charge is 2.42. The van der Waals surface area contributed by atoms with Gasteiger partial charge in [-0.3, -0.25) is 0 Å². The zero-order chi connectivity index (χ0) is 11.4. The van der Waals surface area contributed by atoms with Crippen LogP contribution < -0.4 is 5.73 Å². The summed E-state index contributed by atoms with van der Waals surface area (Å²) in [6, 6.07) is -0.800. The number of aliphatic hydroxyl groups excluding tert-OH is 3. The summed E-state index contributed by atoms with van der Waals surface area (Å²) in [5.74, 6) is 0. The summed E-state index contributed by atoms with van der Waals surface area (Å²) in [6.45, 7) is 2.03. The molecule has 90 valence electrons. The van der Waals surface area contributed by atoms with Crippen molar-refractivity contribution in [1.82, 2.24) is 0 Å². The Morgan fingerprint density at radius 3 is 2.53 bits per heavy atom. The van der Waals surface area contributed by atoms with E-state index in [1.165, 1.54) is 0 Å². The van der Waals surface area contributed by atoms with Gasteiger partial charge in [0.2, 0.25) is 0 Å². The summed E-state index contributed by atoms with van der Waals surface area (Å²) in [5, 5.41) is 28.1. The summed E-state index contributed by atoms with van der Waals surface area (Å²) in [6.07, 6.45) is -3.16. The van der Waals surface area contributed by atoms with E-state index in [4.69, 9.17) is 20.3 Å². The number of nitrogens with two attached hydrogens (primary N) is 1. The van der Waals surface area contributed by atoms with Crippen LogP contribution in [0.1, 0.15) is 13.3 Å². The van der Waals surface area contributed by atoms with E-state index in [1.807, 2.05) is 6.92 Å². The summed E-state index contributed by atoms with van der Waals surface area (Å²) >= 11 is 0. The molecule has 5 atom stereocenters. The molecule has 1 rings (SSSR count). The van der Waals surface area contributed by atoms with E-state index in [-0.39, 0.29) is 6.61 Å². The molecular formula is C9H19NO5. The zero-order valence-electron chi connectivity index (χ0n) is 8.74. The molecule has 0 bridgehead atoms. The predicted octanol–water partition coefficient (Wildman–Crippen LogP) is -1.82. The first-order valence-electron chi connectivity index (χ1n) is 5.11. The second-order valence-corrected chi connectivity index (χ2v) is 3.65. The van der Waals surface area contributed by atoms with Gasteiger partial charge >= 0.3 is 0 Å². The van der Waals surface area contributed by atoms with Gasteiger partial charge in [0.05, 0.1) is 12.6 Å². The van der Waals surface area contributed by atoms with Crippen LogP contribution in [0.15, 0.2) is 0 Å². The van der Waals surface area contributed by atoms with E-state index in [1.54, 1.807) is 0 Å². The topological polar surface area (TPSA) is 105 Å². The van der Waals surface area contributed by atoms with Crippen LogP contribution in [0.2, 0.25) is 0 Å². The molecule has 1 aliphatic rings. The van der Waals surface area contributed by atoms with Crippen molar-refractivity contribution >= 4 is 0 Å². The molecule has 15 heavy (non-hydrogen) atoms. The predicted molar refractivity (Wildman–Crippen MR) is 52.0 cm³/mol. The van der Waals surface area contributed by atoms with Gasteiger partial charge in [0, 0.05) is 6.61 Å². The van der Waals surface area contributed by atoms with Gasteiger partial charge in [0.1, 0.15) is 18.3 Å². The smallest absolute Gasteiger partial charge is 0.186 e. The molecule has 1 aliphatic heterocycles. The minimum absolute atomic E-state index is 0.309. The molecule has 0 spiro atoms. The molecule has 1 heterocycles. The first-order chi connectivity index (χ1) is 7.11. The summed E-state index contributed by atoms with van der Waals surface area (Å²) in [5.41, 5.74) is 5.56. The van der Waals surface area contributed by atoms with Crippen LogP contribution in [-0.2, 0) is 9.47 Å². The fourth-order valence-corrected chi connectivity index (χ4v) is 1.49. The van der Waals surface area contributed by atoms with Crippen LogP contribution in [0.25, 0.3) is 0 Å². The second-order valence-electron chi connectivity index (χ2n) is 3.65. The highest BCUT2D eigenvalue weighted by atomic mass is 16.7. The molecule has 6 heteroatoms. The Morgan fingerprint density at radius 1 is 1.33 bits per heavy atom. The van der Waals surface area contributed by atoms with Crippen LogP contribution in [0.5, 0.6) is 0 Å². The van der Waals surface area contributed by atoms with Gasteiger partial charge in [0.15, 0.2) is 6.29 Å². The number of hydrogen-bond donors (Lipinski definition) is 4. The molecule has 0 unspecified atom stereocenters. The van der Waals surface area contributed by atoms with Gasteiger partial charge in [-0.25, -0.2) is 0 Å². The van der Waals surface area contributed by atoms with Crippen molar-refractivity contribution in [1.29, 1.82) is 0 Å². The number of rotatable bonds is 4.